The number of aryl methyl sites for hydroxylation is 2. The van der Waals surface area contributed by atoms with E-state index in [-0.39, 0.29) is 23.4 Å². The lowest BCUT2D eigenvalue weighted by atomic mass is 10.0. The molecule has 0 unspecified atom stereocenters. The number of hydrogen-bond donors (Lipinski definition) is 1. The number of ether oxygens (including phenoxy) is 1. The Kier molecular flexibility index (Phi) is 9.17. The van der Waals surface area contributed by atoms with E-state index in [0.717, 1.165) is 34.4 Å². The predicted molar refractivity (Wildman–Crippen MR) is 161 cm³/mol. The molecule has 0 spiro atoms. The number of benzene rings is 4. The fourth-order valence-corrected chi connectivity index (χ4v) is 6.28. The molecule has 4 aromatic rings. The van der Waals surface area contributed by atoms with Crippen LogP contribution in [0.5, 0.6) is 5.75 Å². The number of halogens is 1. The van der Waals surface area contributed by atoms with E-state index in [1.165, 1.54) is 4.31 Å². The minimum absolute atomic E-state index is 0.0724. The quantitative estimate of drug-likeness (QED) is 0.216. The fourth-order valence-electron chi connectivity index (χ4n) is 4.58. The van der Waals surface area contributed by atoms with E-state index in [2.05, 4.69) is 5.32 Å². The molecule has 0 aliphatic rings. The van der Waals surface area contributed by atoms with Crippen molar-refractivity contribution in [3.8, 4) is 5.75 Å². The standard InChI is InChI=1S/C32H33ClN2O4S/c1-5-29(26-16-18-31(39-4)23(3)19-26)34-32(36)25-14-12-24(13-15-25)21-35(30-20-27(33)17-11-22(30)2)40(37,38)28-9-7-6-8-10-28/h6-20,29H,5,21H2,1-4H3,(H,34,36)/t29-/m1/s1. The Labute approximate surface area is 241 Å². The van der Waals surface area contributed by atoms with Crippen molar-refractivity contribution in [1.82, 2.24) is 5.32 Å². The van der Waals surface area contributed by atoms with Crippen LogP contribution in [-0.2, 0) is 16.6 Å². The molecular weight excluding hydrogens is 544 g/mol. The lowest BCUT2D eigenvalue weighted by molar-refractivity contribution is 0.0935. The SMILES string of the molecule is CC[C@@H](NC(=O)c1ccc(CN(c2cc(Cl)ccc2C)S(=O)(=O)c2ccccc2)cc1)c1ccc(OC)c(C)c1. The lowest BCUT2D eigenvalue weighted by Crippen LogP contribution is -2.31. The van der Waals surface area contributed by atoms with Gasteiger partial charge in [0.2, 0.25) is 0 Å². The summed E-state index contributed by atoms with van der Waals surface area (Å²) in [6.45, 7) is 5.92. The second-order valence-electron chi connectivity index (χ2n) is 9.62. The maximum absolute atomic E-state index is 13.7. The number of nitrogens with one attached hydrogen (secondary N) is 1. The van der Waals surface area contributed by atoms with Crippen molar-refractivity contribution in [3.63, 3.8) is 0 Å². The van der Waals surface area contributed by atoms with Crippen molar-refractivity contribution in [2.24, 2.45) is 0 Å². The van der Waals surface area contributed by atoms with E-state index in [4.69, 9.17) is 16.3 Å². The minimum Gasteiger partial charge on any atom is -0.496 e. The number of carbonyl (C=O) groups excluding carboxylic acids is 1. The molecule has 0 aromatic heterocycles. The molecule has 8 heteroatoms. The molecule has 1 atom stereocenters. The summed E-state index contributed by atoms with van der Waals surface area (Å²) in [6, 6.07) is 26.2. The molecule has 1 N–H and O–H groups in total. The van der Waals surface area contributed by atoms with Crippen LogP contribution >= 0.6 is 11.6 Å². The van der Waals surface area contributed by atoms with E-state index < -0.39 is 10.0 Å². The van der Waals surface area contributed by atoms with Crippen LogP contribution in [0.1, 0.15) is 52.0 Å². The van der Waals surface area contributed by atoms with Gasteiger partial charge in [-0.1, -0.05) is 67.1 Å². The van der Waals surface area contributed by atoms with Gasteiger partial charge in [0.25, 0.3) is 15.9 Å². The summed E-state index contributed by atoms with van der Waals surface area (Å²) < 4.78 is 34.2. The van der Waals surface area contributed by atoms with Gasteiger partial charge in [-0.2, -0.15) is 0 Å². The number of amides is 1. The van der Waals surface area contributed by atoms with Crippen LogP contribution in [0.15, 0.2) is 95.9 Å². The first-order valence-electron chi connectivity index (χ1n) is 13.0. The summed E-state index contributed by atoms with van der Waals surface area (Å²) in [6.07, 6.45) is 0.723. The van der Waals surface area contributed by atoms with Crippen molar-refractivity contribution >= 4 is 33.2 Å². The van der Waals surface area contributed by atoms with E-state index >= 15 is 0 Å². The molecule has 4 rings (SSSR count). The molecule has 6 nitrogen and oxygen atoms in total. The van der Waals surface area contributed by atoms with Gasteiger partial charge in [0.1, 0.15) is 5.75 Å². The molecule has 0 heterocycles. The van der Waals surface area contributed by atoms with Crippen LogP contribution in [0.2, 0.25) is 5.02 Å². The van der Waals surface area contributed by atoms with Gasteiger partial charge in [-0.25, -0.2) is 8.42 Å². The van der Waals surface area contributed by atoms with Crippen molar-refractivity contribution < 1.29 is 17.9 Å². The van der Waals surface area contributed by atoms with Crippen LogP contribution in [0.25, 0.3) is 0 Å². The Balaban J connectivity index is 1.58. The number of anilines is 1. The molecule has 40 heavy (non-hydrogen) atoms. The molecule has 1 amide bonds. The van der Waals surface area contributed by atoms with Crippen molar-refractivity contribution in [2.75, 3.05) is 11.4 Å². The van der Waals surface area contributed by atoms with Crippen LogP contribution in [0.3, 0.4) is 0 Å². The highest BCUT2D eigenvalue weighted by Crippen LogP contribution is 2.31. The van der Waals surface area contributed by atoms with Gasteiger partial charge in [0.15, 0.2) is 0 Å². The lowest BCUT2D eigenvalue weighted by Gasteiger charge is -2.26. The van der Waals surface area contributed by atoms with Gasteiger partial charge in [-0.15, -0.1) is 0 Å². The summed E-state index contributed by atoms with van der Waals surface area (Å²) >= 11 is 6.26. The minimum atomic E-state index is -3.89. The molecule has 0 saturated carbocycles. The number of rotatable bonds is 10. The van der Waals surface area contributed by atoms with E-state index in [9.17, 15) is 13.2 Å². The molecular formula is C32H33ClN2O4S. The van der Waals surface area contributed by atoms with Crippen molar-refractivity contribution in [3.05, 3.63) is 124 Å². The Morgan fingerprint density at radius 2 is 1.62 bits per heavy atom. The molecule has 4 aromatic carbocycles. The molecule has 208 valence electrons. The van der Waals surface area contributed by atoms with Crippen LogP contribution in [0.4, 0.5) is 5.69 Å². The van der Waals surface area contributed by atoms with Crippen LogP contribution in [-0.4, -0.2) is 21.4 Å². The topological polar surface area (TPSA) is 75.7 Å². The number of sulfonamides is 1. The Morgan fingerprint density at radius 1 is 0.925 bits per heavy atom. The zero-order valence-electron chi connectivity index (χ0n) is 23.0. The van der Waals surface area contributed by atoms with Crippen molar-refractivity contribution in [2.45, 2.75) is 44.7 Å². The summed E-state index contributed by atoms with van der Waals surface area (Å²) in [5, 5.41) is 3.55. The molecule has 0 fully saturated rings. The molecule has 0 aliphatic heterocycles. The Bertz CT molecular complexity index is 1590. The predicted octanol–water partition coefficient (Wildman–Crippen LogP) is 7.24. The first kappa shape index (κ1) is 29.2. The fraction of sp³-hybridized carbons (Fsp3) is 0.219. The average Bonchev–Trinajstić information content (AvgIpc) is 2.96. The molecule has 0 aliphatic carbocycles. The third kappa shape index (κ3) is 6.49. The Morgan fingerprint density at radius 3 is 2.25 bits per heavy atom. The third-order valence-electron chi connectivity index (χ3n) is 6.85. The van der Waals surface area contributed by atoms with E-state index in [1.54, 1.807) is 79.9 Å². The van der Waals surface area contributed by atoms with Gasteiger partial charge in [-0.05, 0) is 85.0 Å². The normalized spacial score (nSPS) is 12.0. The maximum atomic E-state index is 13.7. The largest absolute Gasteiger partial charge is 0.496 e. The van der Waals surface area contributed by atoms with Gasteiger partial charge in [0, 0.05) is 10.6 Å². The first-order valence-corrected chi connectivity index (χ1v) is 14.8. The van der Waals surface area contributed by atoms with Gasteiger partial charge in [-0.3, -0.25) is 9.10 Å². The van der Waals surface area contributed by atoms with E-state index in [1.807, 2.05) is 39.0 Å². The summed E-state index contributed by atoms with van der Waals surface area (Å²) in [5.41, 5.74) is 4.50. The number of hydrogen-bond acceptors (Lipinski definition) is 4. The number of nitrogens with zero attached hydrogens (tertiary/aromatic N) is 1. The number of methoxy groups -OCH3 is 1. The second kappa shape index (κ2) is 12.6. The first-order chi connectivity index (χ1) is 19.1. The second-order valence-corrected chi connectivity index (χ2v) is 11.9. The summed E-state index contributed by atoms with van der Waals surface area (Å²) in [4.78, 5) is 13.3. The average molecular weight is 577 g/mol. The third-order valence-corrected chi connectivity index (χ3v) is 8.86. The summed E-state index contributed by atoms with van der Waals surface area (Å²) in [5.74, 6) is 0.600. The van der Waals surface area contributed by atoms with Gasteiger partial charge in [0.05, 0.1) is 30.3 Å². The Hall–Kier alpha value is -3.81. The van der Waals surface area contributed by atoms with Crippen molar-refractivity contribution in [1.29, 1.82) is 0 Å². The van der Waals surface area contributed by atoms with Gasteiger partial charge < -0.3 is 10.1 Å². The van der Waals surface area contributed by atoms with Crippen LogP contribution < -0.4 is 14.4 Å². The van der Waals surface area contributed by atoms with Crippen LogP contribution in [0, 0.1) is 13.8 Å². The zero-order chi connectivity index (χ0) is 28.9. The molecule has 0 saturated heterocycles. The highest BCUT2D eigenvalue weighted by molar-refractivity contribution is 7.92. The smallest absolute Gasteiger partial charge is 0.264 e. The zero-order valence-corrected chi connectivity index (χ0v) is 24.6. The maximum Gasteiger partial charge on any atom is 0.264 e. The monoisotopic (exact) mass is 576 g/mol. The highest BCUT2D eigenvalue weighted by Gasteiger charge is 2.27. The highest BCUT2D eigenvalue weighted by atomic mass is 35.5. The van der Waals surface area contributed by atoms with Gasteiger partial charge >= 0.3 is 0 Å². The number of carbonyl (C=O) groups is 1. The van der Waals surface area contributed by atoms with E-state index in [0.29, 0.717) is 16.3 Å². The summed E-state index contributed by atoms with van der Waals surface area (Å²) in [7, 11) is -2.25. The molecule has 0 radical (unpaired) electrons. The molecule has 0 bridgehead atoms.